The zero-order valence-electron chi connectivity index (χ0n) is 31.1. The van der Waals surface area contributed by atoms with Gasteiger partial charge in [0.25, 0.3) is 0 Å². The van der Waals surface area contributed by atoms with Gasteiger partial charge in [-0.2, -0.15) is 0 Å². The second kappa shape index (κ2) is 13.5. The molecule has 0 amide bonds. The summed E-state index contributed by atoms with van der Waals surface area (Å²) in [6.07, 6.45) is -1.23. The van der Waals surface area contributed by atoms with Crippen molar-refractivity contribution in [2.75, 3.05) is 26.4 Å². The normalized spacial score (nSPS) is 53.2. The van der Waals surface area contributed by atoms with Crippen LogP contribution in [-0.4, -0.2) is 121 Å². The average Bonchev–Trinajstić information content (AvgIpc) is 3.08. The highest BCUT2D eigenvalue weighted by atomic mass is 16.7. The number of aliphatic carboxylic acids is 1. The van der Waals surface area contributed by atoms with Gasteiger partial charge in [-0.15, -0.1) is 0 Å². The molecule has 1 heterocycles. The van der Waals surface area contributed by atoms with E-state index in [0.717, 1.165) is 6.42 Å². The molecule has 9 N–H and O–H groups in total. The van der Waals surface area contributed by atoms with Crippen LogP contribution >= 0.6 is 0 Å². The van der Waals surface area contributed by atoms with Crippen molar-refractivity contribution in [1.82, 2.24) is 0 Å². The SMILES string of the molecule is C[C@]1(CO)CC[C@]2(C(=O)O)CC[C@]3(C)C(=C[C@H](CCCO)[C@@H]4[C@@]5(C)C[C@@H](O)[C@@H](O[C@@H]6OC[C@@H](O)[C@H](O)[C@H]6O)[C@@](C)([C@H](O)CO)[C@H]5CC[C@]43C)[C@@H]2C1. The molecule has 0 aromatic heterocycles. The highest BCUT2D eigenvalue weighted by Crippen LogP contribution is 2.77. The molecule has 17 atom stereocenters. The third kappa shape index (κ3) is 5.63. The topological polar surface area (TPSA) is 218 Å². The largest absolute Gasteiger partial charge is 0.481 e. The van der Waals surface area contributed by atoms with Gasteiger partial charge in [0.1, 0.15) is 18.3 Å². The number of carbonyl (C=O) groups is 1. The van der Waals surface area contributed by atoms with E-state index in [2.05, 4.69) is 33.8 Å². The number of carboxylic acid groups (broad SMARTS) is 1. The van der Waals surface area contributed by atoms with Crippen LogP contribution in [-0.2, 0) is 14.3 Å². The molecule has 5 aliphatic carbocycles. The lowest BCUT2D eigenvalue weighted by atomic mass is 9.31. The van der Waals surface area contributed by atoms with Crippen molar-refractivity contribution in [2.24, 2.45) is 56.2 Å². The van der Waals surface area contributed by atoms with Gasteiger partial charge in [-0.1, -0.05) is 46.3 Å². The zero-order chi connectivity index (χ0) is 37.5. The first-order chi connectivity index (χ1) is 23.8. The summed E-state index contributed by atoms with van der Waals surface area (Å²) < 4.78 is 11.9. The Morgan fingerprint density at radius 2 is 1.63 bits per heavy atom. The standard InChI is InChI=1S/C39H64O12/c1-34(20-42)10-12-39(33(48)49)13-11-36(3)22(23(39)16-34)15-21(7-6-14-40)30-35(2)17-24(43)31(51-32-29(47)28(46)25(44)19-50-32)38(5,27(45)18-41)26(35)8-9-37(30,36)4/h15,21,23-32,40-47H,6-14,16-20H2,1-5H3,(H,48,49)/t21-,23-,24+,25+,26-,27+,28-,29+,30+,31+,32-,34-,35-,36+,37+,38+,39-/m0/s1. The first-order valence-corrected chi connectivity index (χ1v) is 19.3. The van der Waals surface area contributed by atoms with Crippen molar-refractivity contribution in [3.05, 3.63) is 11.6 Å². The number of allylic oxidation sites excluding steroid dienone is 2. The maximum Gasteiger partial charge on any atom is 0.310 e. The number of carboxylic acids is 1. The lowest BCUT2D eigenvalue weighted by molar-refractivity contribution is -0.337. The van der Waals surface area contributed by atoms with Crippen LogP contribution in [0.4, 0.5) is 0 Å². The average molecular weight is 725 g/mol. The molecule has 0 unspecified atom stereocenters. The fraction of sp³-hybridized carbons (Fsp3) is 0.923. The predicted octanol–water partition coefficient (Wildman–Crippen LogP) is 1.97. The number of ether oxygens (including phenoxy) is 2. The molecule has 6 aliphatic rings. The molecule has 4 saturated carbocycles. The summed E-state index contributed by atoms with van der Waals surface area (Å²) in [5, 5.41) is 97.0. The molecule has 1 aliphatic heterocycles. The molecular formula is C39H64O12. The van der Waals surface area contributed by atoms with Crippen LogP contribution in [0.3, 0.4) is 0 Å². The van der Waals surface area contributed by atoms with Gasteiger partial charge in [0, 0.05) is 18.6 Å². The smallest absolute Gasteiger partial charge is 0.310 e. The molecule has 12 nitrogen and oxygen atoms in total. The lowest BCUT2D eigenvalue weighted by Crippen LogP contribution is -2.72. The van der Waals surface area contributed by atoms with Crippen LogP contribution in [0.2, 0.25) is 0 Å². The van der Waals surface area contributed by atoms with Crippen molar-refractivity contribution in [2.45, 2.75) is 142 Å². The molecule has 292 valence electrons. The Hall–Kier alpha value is -1.19. The number of hydrogen-bond donors (Lipinski definition) is 9. The first kappa shape index (κ1) is 39.5. The Balaban J connectivity index is 1.46. The third-order valence-corrected chi connectivity index (χ3v) is 16.3. The Labute approximate surface area is 301 Å². The van der Waals surface area contributed by atoms with Gasteiger partial charge in [-0.05, 0) is 110 Å². The number of rotatable bonds is 9. The summed E-state index contributed by atoms with van der Waals surface area (Å²) in [5.74, 6) is -1.42. The Morgan fingerprint density at radius 1 is 0.941 bits per heavy atom. The van der Waals surface area contributed by atoms with Gasteiger partial charge in [-0.3, -0.25) is 4.79 Å². The Morgan fingerprint density at radius 3 is 2.25 bits per heavy atom. The van der Waals surface area contributed by atoms with Crippen LogP contribution in [0.25, 0.3) is 0 Å². The summed E-state index contributed by atoms with van der Waals surface area (Å²) in [7, 11) is 0. The van der Waals surface area contributed by atoms with Crippen LogP contribution in [0.1, 0.15) is 98.8 Å². The van der Waals surface area contributed by atoms with E-state index >= 15 is 0 Å². The maximum atomic E-state index is 13.2. The van der Waals surface area contributed by atoms with Crippen LogP contribution in [0.15, 0.2) is 11.6 Å². The zero-order valence-corrected chi connectivity index (χ0v) is 31.1. The molecule has 0 radical (unpaired) electrons. The lowest BCUT2D eigenvalue weighted by Gasteiger charge is -2.73. The van der Waals surface area contributed by atoms with Crippen molar-refractivity contribution < 1.29 is 60.2 Å². The molecular weight excluding hydrogens is 660 g/mol. The number of aliphatic hydroxyl groups is 8. The van der Waals surface area contributed by atoms with E-state index in [0.29, 0.717) is 51.4 Å². The molecule has 0 bridgehead atoms. The summed E-state index contributed by atoms with van der Waals surface area (Å²) in [4.78, 5) is 13.2. The van der Waals surface area contributed by atoms with Crippen molar-refractivity contribution in [1.29, 1.82) is 0 Å². The van der Waals surface area contributed by atoms with Gasteiger partial charge >= 0.3 is 5.97 Å². The fourth-order valence-corrected chi connectivity index (χ4v) is 13.3. The molecule has 6 rings (SSSR count). The first-order valence-electron chi connectivity index (χ1n) is 19.3. The van der Waals surface area contributed by atoms with Gasteiger partial charge in [0.2, 0.25) is 0 Å². The maximum absolute atomic E-state index is 13.2. The van der Waals surface area contributed by atoms with E-state index in [1.165, 1.54) is 5.57 Å². The third-order valence-electron chi connectivity index (χ3n) is 16.3. The fourth-order valence-electron chi connectivity index (χ4n) is 13.3. The highest BCUT2D eigenvalue weighted by Gasteiger charge is 2.73. The summed E-state index contributed by atoms with van der Waals surface area (Å²) >= 11 is 0. The number of hydrogen-bond acceptors (Lipinski definition) is 11. The second-order valence-corrected chi connectivity index (χ2v) is 18.8. The van der Waals surface area contributed by atoms with Gasteiger partial charge < -0.3 is 55.4 Å². The van der Waals surface area contributed by atoms with Crippen molar-refractivity contribution in [3.8, 4) is 0 Å². The Kier molecular flexibility index (Phi) is 10.5. The quantitative estimate of drug-likeness (QED) is 0.123. The Bertz CT molecular complexity index is 1340. The molecule has 0 aromatic rings. The molecule has 51 heavy (non-hydrogen) atoms. The molecule has 12 heteroatoms. The number of fused-ring (bicyclic) bond motifs is 7. The molecule has 0 aromatic carbocycles. The van der Waals surface area contributed by atoms with Crippen LogP contribution < -0.4 is 0 Å². The van der Waals surface area contributed by atoms with E-state index in [4.69, 9.17) is 9.47 Å². The minimum Gasteiger partial charge on any atom is -0.481 e. The molecule has 0 spiro atoms. The summed E-state index contributed by atoms with van der Waals surface area (Å²) in [5.41, 5.74) is -2.72. The molecule has 5 fully saturated rings. The second-order valence-electron chi connectivity index (χ2n) is 18.8. The van der Waals surface area contributed by atoms with Crippen molar-refractivity contribution >= 4 is 5.97 Å². The summed E-state index contributed by atoms with van der Waals surface area (Å²) in [6, 6.07) is 0. The van der Waals surface area contributed by atoms with Crippen LogP contribution in [0, 0.1) is 56.2 Å². The minimum absolute atomic E-state index is 0.00463. The van der Waals surface area contributed by atoms with Gasteiger partial charge in [0.05, 0.1) is 36.9 Å². The minimum atomic E-state index is -1.60. The van der Waals surface area contributed by atoms with E-state index in [9.17, 15) is 50.8 Å². The van der Waals surface area contributed by atoms with E-state index in [1.54, 1.807) is 0 Å². The van der Waals surface area contributed by atoms with E-state index in [1.807, 2.05) is 6.92 Å². The van der Waals surface area contributed by atoms with Crippen molar-refractivity contribution in [3.63, 3.8) is 0 Å². The predicted molar refractivity (Wildman–Crippen MR) is 185 cm³/mol. The van der Waals surface area contributed by atoms with E-state index in [-0.39, 0.29) is 66.2 Å². The molecule has 1 saturated heterocycles. The van der Waals surface area contributed by atoms with Gasteiger partial charge in [0.15, 0.2) is 6.29 Å². The van der Waals surface area contributed by atoms with Gasteiger partial charge in [-0.25, -0.2) is 0 Å². The highest BCUT2D eigenvalue weighted by molar-refractivity contribution is 5.76. The monoisotopic (exact) mass is 724 g/mol. The number of aliphatic hydroxyl groups excluding tert-OH is 8. The summed E-state index contributed by atoms with van der Waals surface area (Å²) in [6.45, 7) is 9.79. The van der Waals surface area contributed by atoms with E-state index < -0.39 is 71.7 Å². The van der Waals surface area contributed by atoms with Crippen LogP contribution in [0.5, 0.6) is 0 Å².